The van der Waals surface area contributed by atoms with Gasteiger partial charge in [-0.3, -0.25) is 14.5 Å². The predicted octanol–water partition coefficient (Wildman–Crippen LogP) is -0.715. The van der Waals surface area contributed by atoms with E-state index < -0.39 is 43.3 Å². The number of hydrogen-bond donors (Lipinski definition) is 3. The van der Waals surface area contributed by atoms with Crippen molar-refractivity contribution >= 4 is 17.9 Å². The summed E-state index contributed by atoms with van der Waals surface area (Å²) < 4.78 is 4.70. The average molecular weight is 275 g/mol. The summed E-state index contributed by atoms with van der Waals surface area (Å²) in [6, 6.07) is 0. The van der Waals surface area contributed by atoms with Gasteiger partial charge in [-0.1, -0.05) is 6.58 Å². The van der Waals surface area contributed by atoms with Crippen LogP contribution in [-0.2, 0) is 19.1 Å². The van der Waals surface area contributed by atoms with E-state index in [-0.39, 0.29) is 5.57 Å². The van der Waals surface area contributed by atoms with Crippen LogP contribution in [0.25, 0.3) is 0 Å². The molecule has 0 aliphatic rings. The van der Waals surface area contributed by atoms with Gasteiger partial charge in [0.05, 0.1) is 13.1 Å². The van der Waals surface area contributed by atoms with Crippen molar-refractivity contribution in [3.05, 3.63) is 12.2 Å². The highest BCUT2D eigenvalue weighted by atomic mass is 16.5. The minimum atomic E-state index is -1.91. The molecule has 8 heteroatoms. The zero-order valence-corrected chi connectivity index (χ0v) is 10.8. The normalized spacial score (nSPS) is 13.7. The van der Waals surface area contributed by atoms with E-state index in [1.54, 1.807) is 0 Å². The summed E-state index contributed by atoms with van der Waals surface area (Å²) in [6.07, 6.45) is 0. The first kappa shape index (κ1) is 17.1. The molecule has 0 aromatic rings. The van der Waals surface area contributed by atoms with Gasteiger partial charge in [0.1, 0.15) is 6.61 Å². The first-order valence-corrected chi connectivity index (χ1v) is 5.30. The quantitative estimate of drug-likeness (QED) is 0.301. The van der Waals surface area contributed by atoms with Gasteiger partial charge in [-0.2, -0.15) is 0 Å². The third kappa shape index (κ3) is 6.53. The average Bonchev–Trinajstić information content (AvgIpc) is 2.23. The summed E-state index contributed by atoms with van der Waals surface area (Å²) >= 11 is 0. The number of rotatable bonds is 8. The first-order valence-electron chi connectivity index (χ1n) is 5.30. The van der Waals surface area contributed by atoms with E-state index in [2.05, 4.69) is 6.58 Å². The standard InChI is InChI=1S/C11H17NO7/c1-7(2)10(17)19-6-11(3,18)12(4-8(13)14)5-9(15)16/h18H,1,4-6H2,2-3H3,(H,13,14)(H,15,16). The van der Waals surface area contributed by atoms with E-state index >= 15 is 0 Å². The van der Waals surface area contributed by atoms with Crippen LogP contribution in [0.1, 0.15) is 13.8 Å². The lowest BCUT2D eigenvalue weighted by molar-refractivity contribution is -0.174. The van der Waals surface area contributed by atoms with Crippen molar-refractivity contribution in [1.29, 1.82) is 0 Å². The van der Waals surface area contributed by atoms with Crippen LogP contribution >= 0.6 is 0 Å². The maximum absolute atomic E-state index is 11.2. The lowest BCUT2D eigenvalue weighted by Crippen LogP contribution is -2.54. The second-order valence-electron chi connectivity index (χ2n) is 4.22. The maximum atomic E-state index is 11.2. The molecule has 0 rings (SSSR count). The van der Waals surface area contributed by atoms with Gasteiger partial charge in [0.2, 0.25) is 0 Å². The summed E-state index contributed by atoms with van der Waals surface area (Å²) in [5.41, 5.74) is -1.80. The monoisotopic (exact) mass is 275 g/mol. The van der Waals surface area contributed by atoms with Crippen LogP contribution in [-0.4, -0.2) is 63.5 Å². The lowest BCUT2D eigenvalue weighted by atomic mass is 10.2. The van der Waals surface area contributed by atoms with E-state index in [0.29, 0.717) is 0 Å². The molecule has 0 amide bonds. The lowest BCUT2D eigenvalue weighted by Gasteiger charge is -2.34. The molecule has 0 radical (unpaired) electrons. The second-order valence-corrected chi connectivity index (χ2v) is 4.22. The van der Waals surface area contributed by atoms with Crippen molar-refractivity contribution in [1.82, 2.24) is 4.90 Å². The van der Waals surface area contributed by atoms with Gasteiger partial charge in [0, 0.05) is 5.57 Å². The number of aliphatic carboxylic acids is 2. The third-order valence-electron chi connectivity index (χ3n) is 2.16. The Hall–Kier alpha value is -1.93. The fourth-order valence-corrected chi connectivity index (χ4v) is 1.14. The Balaban J connectivity index is 4.76. The van der Waals surface area contributed by atoms with E-state index in [9.17, 15) is 19.5 Å². The molecule has 3 N–H and O–H groups in total. The molecule has 19 heavy (non-hydrogen) atoms. The molecule has 0 aliphatic carbocycles. The van der Waals surface area contributed by atoms with Gasteiger partial charge in [0.15, 0.2) is 5.72 Å². The van der Waals surface area contributed by atoms with Crippen molar-refractivity contribution in [2.45, 2.75) is 19.6 Å². The van der Waals surface area contributed by atoms with Gasteiger partial charge >= 0.3 is 17.9 Å². The Bertz CT molecular complexity index is 373. The largest absolute Gasteiger partial charge is 0.480 e. The number of carboxylic acids is 2. The number of hydrogen-bond acceptors (Lipinski definition) is 6. The molecule has 0 aromatic carbocycles. The number of nitrogens with zero attached hydrogens (tertiary/aromatic N) is 1. The minimum absolute atomic E-state index is 0.110. The minimum Gasteiger partial charge on any atom is -0.480 e. The van der Waals surface area contributed by atoms with E-state index in [0.717, 1.165) is 11.8 Å². The van der Waals surface area contributed by atoms with E-state index in [1.807, 2.05) is 0 Å². The molecular formula is C11H17NO7. The third-order valence-corrected chi connectivity index (χ3v) is 2.16. The molecule has 0 aromatic heterocycles. The molecule has 8 nitrogen and oxygen atoms in total. The van der Waals surface area contributed by atoms with Crippen molar-refractivity contribution in [3.8, 4) is 0 Å². The summed E-state index contributed by atoms with van der Waals surface area (Å²) in [4.78, 5) is 33.2. The summed E-state index contributed by atoms with van der Waals surface area (Å²) in [7, 11) is 0. The molecule has 0 saturated carbocycles. The second kappa shape index (κ2) is 6.86. The molecule has 108 valence electrons. The van der Waals surface area contributed by atoms with Crippen LogP contribution in [0.2, 0.25) is 0 Å². The molecule has 1 unspecified atom stereocenters. The molecule has 0 fully saturated rings. The number of carboxylic acid groups (broad SMARTS) is 2. The van der Waals surface area contributed by atoms with Crippen LogP contribution < -0.4 is 0 Å². The Morgan fingerprint density at radius 3 is 1.95 bits per heavy atom. The predicted molar refractivity (Wildman–Crippen MR) is 63.2 cm³/mol. The van der Waals surface area contributed by atoms with Crippen LogP contribution in [0.15, 0.2) is 12.2 Å². The SMILES string of the molecule is C=C(C)C(=O)OCC(C)(O)N(CC(=O)O)CC(=O)O. The highest BCUT2D eigenvalue weighted by molar-refractivity contribution is 5.86. The van der Waals surface area contributed by atoms with Crippen molar-refractivity contribution in [2.75, 3.05) is 19.7 Å². The van der Waals surface area contributed by atoms with Crippen LogP contribution in [0.3, 0.4) is 0 Å². The molecular weight excluding hydrogens is 258 g/mol. The first-order chi connectivity index (χ1) is 8.56. The summed E-state index contributed by atoms with van der Waals surface area (Å²) in [6.45, 7) is 3.92. The van der Waals surface area contributed by atoms with Crippen LogP contribution in [0, 0.1) is 0 Å². The zero-order chi connectivity index (χ0) is 15.2. The Kier molecular flexibility index (Phi) is 6.16. The fourth-order valence-electron chi connectivity index (χ4n) is 1.14. The number of ether oxygens (including phenoxy) is 1. The van der Waals surface area contributed by atoms with Crippen LogP contribution in [0.5, 0.6) is 0 Å². The summed E-state index contributed by atoms with van der Waals surface area (Å²) in [5, 5.41) is 27.3. The number of aliphatic hydroxyl groups is 1. The molecule has 0 saturated heterocycles. The maximum Gasteiger partial charge on any atom is 0.333 e. The van der Waals surface area contributed by atoms with Gasteiger partial charge in [-0.25, -0.2) is 4.79 Å². The van der Waals surface area contributed by atoms with E-state index in [1.165, 1.54) is 6.92 Å². The van der Waals surface area contributed by atoms with Gasteiger partial charge in [-0.05, 0) is 13.8 Å². The van der Waals surface area contributed by atoms with Gasteiger partial charge in [-0.15, -0.1) is 0 Å². The highest BCUT2D eigenvalue weighted by Crippen LogP contribution is 2.12. The smallest absolute Gasteiger partial charge is 0.333 e. The summed E-state index contributed by atoms with van der Waals surface area (Å²) in [5.74, 6) is -3.38. The number of esters is 1. The molecule has 0 bridgehead atoms. The number of carbonyl (C=O) groups excluding carboxylic acids is 1. The van der Waals surface area contributed by atoms with Gasteiger partial charge < -0.3 is 20.1 Å². The number of carbonyl (C=O) groups is 3. The van der Waals surface area contributed by atoms with Crippen molar-refractivity contribution in [2.24, 2.45) is 0 Å². The van der Waals surface area contributed by atoms with Crippen LogP contribution in [0.4, 0.5) is 0 Å². The zero-order valence-electron chi connectivity index (χ0n) is 10.8. The molecule has 1 atom stereocenters. The highest BCUT2D eigenvalue weighted by Gasteiger charge is 2.33. The van der Waals surface area contributed by atoms with Crippen molar-refractivity contribution < 1.29 is 34.4 Å². The van der Waals surface area contributed by atoms with E-state index in [4.69, 9.17) is 14.9 Å². The van der Waals surface area contributed by atoms with Gasteiger partial charge in [0.25, 0.3) is 0 Å². The fraction of sp³-hybridized carbons (Fsp3) is 0.545. The molecule has 0 spiro atoms. The Labute approximate surface area is 109 Å². The van der Waals surface area contributed by atoms with Crippen molar-refractivity contribution in [3.63, 3.8) is 0 Å². The Morgan fingerprint density at radius 2 is 1.63 bits per heavy atom. The molecule has 0 heterocycles. The Morgan fingerprint density at radius 1 is 1.21 bits per heavy atom. The topological polar surface area (TPSA) is 124 Å². The molecule has 0 aliphatic heterocycles.